The maximum absolute atomic E-state index is 11.9. The van der Waals surface area contributed by atoms with Gasteiger partial charge in [0, 0.05) is 61.1 Å². The molecular weight excluding hydrogens is 582 g/mol. The third-order valence-electron chi connectivity index (χ3n) is 7.10. The first-order valence-corrected chi connectivity index (χ1v) is 15.5. The molecule has 1 fully saturated rings. The molecule has 3 aromatic heterocycles. The van der Waals surface area contributed by atoms with Crippen LogP contribution in [0.3, 0.4) is 0 Å². The Bertz CT molecular complexity index is 1430. The molecule has 0 spiro atoms. The van der Waals surface area contributed by atoms with E-state index in [1.54, 1.807) is 49.3 Å². The van der Waals surface area contributed by atoms with E-state index in [1.165, 1.54) is 27.1 Å². The first kappa shape index (κ1) is 39.7. The molecule has 1 aliphatic rings. The lowest BCUT2D eigenvalue weighted by atomic mass is 10.1. The lowest BCUT2D eigenvalue weighted by molar-refractivity contribution is 0.0591. The predicted octanol–water partition coefficient (Wildman–Crippen LogP) is 6.89. The lowest BCUT2D eigenvalue weighted by Gasteiger charge is -2.12. The van der Waals surface area contributed by atoms with Gasteiger partial charge in [-0.25, -0.2) is 14.6 Å². The number of carbonyl (C=O) groups is 3. The average Bonchev–Trinajstić information content (AvgIpc) is 3.92. The van der Waals surface area contributed by atoms with E-state index < -0.39 is 0 Å². The summed E-state index contributed by atoms with van der Waals surface area (Å²) in [6.45, 7) is 10.2. The monoisotopic (exact) mass is 635 g/mol. The Hall–Kier alpha value is -4.34. The Morgan fingerprint density at radius 2 is 1.26 bits per heavy atom. The van der Waals surface area contributed by atoms with Crippen molar-refractivity contribution in [2.24, 2.45) is 0 Å². The Morgan fingerprint density at radius 3 is 1.65 bits per heavy atom. The molecule has 4 rings (SSSR count). The van der Waals surface area contributed by atoms with Gasteiger partial charge in [-0.3, -0.25) is 14.8 Å². The van der Waals surface area contributed by atoms with Crippen LogP contribution in [0.2, 0.25) is 0 Å². The fourth-order valence-electron chi connectivity index (χ4n) is 4.22. The van der Waals surface area contributed by atoms with Gasteiger partial charge in [0.15, 0.2) is 0 Å². The van der Waals surface area contributed by atoms with Crippen molar-refractivity contribution in [2.45, 2.75) is 86.0 Å². The van der Waals surface area contributed by atoms with Crippen molar-refractivity contribution in [3.05, 3.63) is 81.6 Å². The zero-order chi connectivity index (χ0) is 33.7. The molecule has 0 atom stereocenters. The first-order valence-electron chi connectivity index (χ1n) is 15.5. The third kappa shape index (κ3) is 11.9. The van der Waals surface area contributed by atoms with Crippen molar-refractivity contribution in [3.63, 3.8) is 0 Å². The van der Waals surface area contributed by atoms with Crippen LogP contribution in [0.25, 0.3) is 0 Å². The van der Waals surface area contributed by atoms with Crippen LogP contribution in [0.15, 0.2) is 36.4 Å². The molecule has 0 aromatic carbocycles. The number of anilines is 1. The lowest BCUT2D eigenvalue weighted by Crippen LogP contribution is -2.22. The van der Waals surface area contributed by atoms with Gasteiger partial charge in [0.1, 0.15) is 5.82 Å². The number of nitrogens with zero attached hydrogens (tertiary/aromatic N) is 4. The van der Waals surface area contributed by atoms with Crippen LogP contribution in [0.1, 0.15) is 126 Å². The summed E-state index contributed by atoms with van der Waals surface area (Å²) in [5, 5.41) is 3.00. The standard InChI is InChI=1S/C12H17N3O.C12H17NO2.C11H15NO2.CH4/c1-13-11-7-9(12(16)15(2)3)6-10(14-11)8-4-5-8;1-5-10-6-9(12(14)15-4)7-11(13-10)8(2)3;1-4-9-6-8(11(13)14-3)7-10(5-2)12-9;/h6-8H,4-5H2,1-3H3,(H,13,14);6-8H,5H2,1-4H3;6-7H,4-5H2,1-3H3;1H4. The van der Waals surface area contributed by atoms with E-state index in [2.05, 4.69) is 38.9 Å². The zero-order valence-corrected chi connectivity index (χ0v) is 28.5. The summed E-state index contributed by atoms with van der Waals surface area (Å²) >= 11 is 0. The molecule has 0 saturated heterocycles. The van der Waals surface area contributed by atoms with Crippen molar-refractivity contribution in [1.29, 1.82) is 0 Å². The van der Waals surface area contributed by atoms with Crippen LogP contribution in [-0.4, -0.2) is 73.1 Å². The molecule has 10 heteroatoms. The number of rotatable bonds is 9. The van der Waals surface area contributed by atoms with Crippen LogP contribution < -0.4 is 5.32 Å². The number of amides is 1. The summed E-state index contributed by atoms with van der Waals surface area (Å²) in [5.41, 5.74) is 6.68. The number of hydrogen-bond acceptors (Lipinski definition) is 9. The highest BCUT2D eigenvalue weighted by molar-refractivity contribution is 5.94. The zero-order valence-electron chi connectivity index (χ0n) is 28.5. The number of hydrogen-bond donors (Lipinski definition) is 1. The van der Waals surface area contributed by atoms with E-state index in [0.29, 0.717) is 28.5 Å². The molecule has 3 heterocycles. The second-order valence-corrected chi connectivity index (χ2v) is 11.2. The molecule has 3 aromatic rings. The van der Waals surface area contributed by atoms with E-state index in [-0.39, 0.29) is 25.3 Å². The third-order valence-corrected chi connectivity index (χ3v) is 7.10. The molecule has 10 nitrogen and oxygen atoms in total. The summed E-state index contributed by atoms with van der Waals surface area (Å²) in [6, 6.07) is 10.9. The van der Waals surface area contributed by atoms with E-state index in [1.807, 2.05) is 33.9 Å². The topological polar surface area (TPSA) is 124 Å². The van der Waals surface area contributed by atoms with Crippen LogP contribution in [-0.2, 0) is 28.7 Å². The second-order valence-electron chi connectivity index (χ2n) is 11.2. The predicted molar refractivity (Wildman–Crippen MR) is 184 cm³/mol. The van der Waals surface area contributed by atoms with Crippen molar-refractivity contribution in [2.75, 3.05) is 40.7 Å². The number of pyridine rings is 3. The van der Waals surface area contributed by atoms with Crippen LogP contribution in [0.4, 0.5) is 5.82 Å². The minimum absolute atomic E-state index is 0. The van der Waals surface area contributed by atoms with E-state index in [9.17, 15) is 14.4 Å². The summed E-state index contributed by atoms with van der Waals surface area (Å²) < 4.78 is 9.37. The SMILES string of the molecule is C.CCc1cc(C(=O)OC)cc(C(C)C)n1.CCc1cc(C(=O)OC)cc(CC)n1.CNc1cc(C(=O)N(C)C)cc(C2CC2)n1. The Labute approximate surface area is 275 Å². The van der Waals surface area contributed by atoms with Gasteiger partial charge in [0.05, 0.1) is 25.3 Å². The maximum atomic E-state index is 11.9. The van der Waals surface area contributed by atoms with Gasteiger partial charge >= 0.3 is 11.9 Å². The van der Waals surface area contributed by atoms with Crippen molar-refractivity contribution >= 4 is 23.7 Å². The van der Waals surface area contributed by atoms with Gasteiger partial charge in [0.25, 0.3) is 5.91 Å². The minimum atomic E-state index is -0.297. The smallest absolute Gasteiger partial charge is 0.337 e. The van der Waals surface area contributed by atoms with Gasteiger partial charge in [-0.1, -0.05) is 42.0 Å². The van der Waals surface area contributed by atoms with Gasteiger partial charge in [-0.15, -0.1) is 0 Å². The molecule has 0 unspecified atom stereocenters. The van der Waals surface area contributed by atoms with Gasteiger partial charge in [0.2, 0.25) is 0 Å². The Kier molecular flexibility index (Phi) is 16.6. The molecule has 1 N–H and O–H groups in total. The molecule has 252 valence electrons. The molecule has 1 aliphatic carbocycles. The van der Waals surface area contributed by atoms with Crippen molar-refractivity contribution in [1.82, 2.24) is 19.9 Å². The maximum Gasteiger partial charge on any atom is 0.337 e. The average molecular weight is 636 g/mol. The summed E-state index contributed by atoms with van der Waals surface area (Å²) in [5.74, 6) is 1.09. The van der Waals surface area contributed by atoms with E-state index in [0.717, 1.165) is 53.5 Å². The van der Waals surface area contributed by atoms with Gasteiger partial charge in [-0.05, 0) is 74.4 Å². The fourth-order valence-corrected chi connectivity index (χ4v) is 4.22. The van der Waals surface area contributed by atoms with Crippen molar-refractivity contribution in [3.8, 4) is 0 Å². The van der Waals surface area contributed by atoms with E-state index in [4.69, 9.17) is 4.74 Å². The van der Waals surface area contributed by atoms with Gasteiger partial charge < -0.3 is 19.7 Å². The number of aromatic nitrogens is 3. The summed E-state index contributed by atoms with van der Waals surface area (Å²) in [6.07, 6.45) is 4.87. The van der Waals surface area contributed by atoms with E-state index >= 15 is 0 Å². The molecular formula is C36H53N5O5. The molecule has 1 amide bonds. The second kappa shape index (κ2) is 19.2. The molecule has 46 heavy (non-hydrogen) atoms. The largest absolute Gasteiger partial charge is 0.465 e. The molecule has 0 radical (unpaired) electrons. The highest BCUT2D eigenvalue weighted by Crippen LogP contribution is 2.39. The first-order chi connectivity index (χ1) is 21.4. The Balaban J connectivity index is 0.000000342. The minimum Gasteiger partial charge on any atom is -0.465 e. The van der Waals surface area contributed by atoms with Crippen molar-refractivity contribution < 1.29 is 23.9 Å². The van der Waals surface area contributed by atoms with Crippen LogP contribution >= 0.6 is 0 Å². The fraction of sp³-hybridized carbons (Fsp3) is 0.500. The highest BCUT2D eigenvalue weighted by Gasteiger charge is 2.26. The van der Waals surface area contributed by atoms with Crippen LogP contribution in [0.5, 0.6) is 0 Å². The summed E-state index contributed by atoms with van der Waals surface area (Å²) in [7, 11) is 8.13. The number of carbonyl (C=O) groups excluding carboxylic acids is 3. The quantitative estimate of drug-likeness (QED) is 0.250. The van der Waals surface area contributed by atoms with Gasteiger partial charge in [-0.2, -0.15) is 0 Å². The summed E-state index contributed by atoms with van der Waals surface area (Å²) in [4.78, 5) is 49.5. The molecule has 0 aliphatic heterocycles. The highest BCUT2D eigenvalue weighted by atomic mass is 16.5. The number of aryl methyl sites for hydroxylation is 3. The molecule has 1 saturated carbocycles. The number of nitrogens with one attached hydrogen (secondary N) is 1. The molecule has 0 bridgehead atoms. The Morgan fingerprint density at radius 1 is 0.783 bits per heavy atom. The number of esters is 2. The number of methoxy groups -OCH3 is 2. The number of ether oxygens (including phenoxy) is 2. The normalized spacial score (nSPS) is 11.5. The van der Waals surface area contributed by atoms with Crippen LogP contribution in [0, 0.1) is 0 Å².